The van der Waals surface area contributed by atoms with Crippen LogP contribution in [0.1, 0.15) is 5.56 Å². The van der Waals surface area contributed by atoms with Crippen molar-refractivity contribution in [2.24, 2.45) is 0 Å². The molecule has 1 N–H and O–H groups in total. The summed E-state index contributed by atoms with van der Waals surface area (Å²) in [6.07, 6.45) is 0.581. The molecule has 8 heteroatoms. The van der Waals surface area contributed by atoms with Crippen LogP contribution in [0, 0.1) is 0 Å². The van der Waals surface area contributed by atoms with E-state index < -0.39 is 17.5 Å². The van der Waals surface area contributed by atoms with Crippen LogP contribution in [0.25, 0.3) is 22.3 Å². The molecule has 2 heterocycles. The zero-order valence-corrected chi connectivity index (χ0v) is 11.5. The molecule has 0 unspecified atom stereocenters. The van der Waals surface area contributed by atoms with Crippen molar-refractivity contribution in [2.75, 3.05) is 0 Å². The van der Waals surface area contributed by atoms with Crippen molar-refractivity contribution < 1.29 is 18.3 Å². The van der Waals surface area contributed by atoms with Gasteiger partial charge in [-0.3, -0.25) is 0 Å². The second-order valence-electron chi connectivity index (χ2n) is 4.68. The maximum Gasteiger partial charge on any atom is 0.417 e. The maximum atomic E-state index is 13.4. The van der Waals surface area contributed by atoms with Crippen LogP contribution in [0.2, 0.25) is 0 Å². The molecule has 116 valence electrons. The summed E-state index contributed by atoms with van der Waals surface area (Å²) in [4.78, 5) is 0. The summed E-state index contributed by atoms with van der Waals surface area (Å²) in [6, 6.07) is 4.88. The van der Waals surface area contributed by atoms with Gasteiger partial charge in [0.25, 0.3) is 0 Å². The molecule has 0 amide bonds. The monoisotopic (exact) mass is 318 g/mol. The number of aromatic nitrogens is 4. The maximum absolute atomic E-state index is 13.4. The van der Waals surface area contributed by atoms with E-state index in [1.165, 1.54) is 43.0 Å². The van der Waals surface area contributed by atoms with Crippen molar-refractivity contribution in [2.45, 2.75) is 6.18 Å². The Morgan fingerprint density at radius 1 is 0.826 bits per heavy atom. The molecule has 0 aliphatic rings. The van der Waals surface area contributed by atoms with E-state index in [0.717, 1.165) is 0 Å². The predicted molar refractivity (Wildman–Crippen MR) is 75.2 cm³/mol. The van der Waals surface area contributed by atoms with Crippen molar-refractivity contribution in [3.8, 4) is 28.0 Å². The third kappa shape index (κ3) is 2.96. The first kappa shape index (κ1) is 14.9. The topological polar surface area (TPSA) is 71.8 Å². The van der Waals surface area contributed by atoms with Crippen LogP contribution >= 0.6 is 0 Å². The van der Waals surface area contributed by atoms with Gasteiger partial charge in [0.1, 0.15) is 5.75 Å². The molecule has 0 fully saturated rings. The van der Waals surface area contributed by atoms with Crippen LogP contribution in [0.5, 0.6) is 5.75 Å². The lowest BCUT2D eigenvalue weighted by Gasteiger charge is -2.17. The van der Waals surface area contributed by atoms with E-state index in [0.29, 0.717) is 11.6 Å². The molecule has 0 aliphatic carbocycles. The third-order valence-corrected chi connectivity index (χ3v) is 3.20. The van der Waals surface area contributed by atoms with Gasteiger partial charge in [-0.15, -0.1) is 0 Å². The summed E-state index contributed by atoms with van der Waals surface area (Å²) >= 11 is 0. The van der Waals surface area contributed by atoms with Gasteiger partial charge in [0.15, 0.2) is 0 Å². The van der Waals surface area contributed by atoms with Crippen molar-refractivity contribution in [1.29, 1.82) is 0 Å². The van der Waals surface area contributed by atoms with Gasteiger partial charge in [0.2, 0.25) is 0 Å². The van der Waals surface area contributed by atoms with Crippen LogP contribution in [-0.4, -0.2) is 25.5 Å². The normalized spacial score (nSPS) is 11.4. The van der Waals surface area contributed by atoms with Gasteiger partial charge in [0, 0.05) is 16.7 Å². The summed E-state index contributed by atoms with van der Waals surface area (Å²) in [5.74, 6) is -0.491. The second-order valence-corrected chi connectivity index (χ2v) is 4.68. The van der Waals surface area contributed by atoms with Crippen LogP contribution in [0.15, 0.2) is 49.1 Å². The van der Waals surface area contributed by atoms with E-state index in [1.807, 2.05) is 0 Å². The quantitative estimate of drug-likeness (QED) is 0.785. The molecule has 1 aromatic carbocycles. The highest BCUT2D eigenvalue weighted by molar-refractivity contribution is 5.86. The molecule has 5 nitrogen and oxygen atoms in total. The minimum Gasteiger partial charge on any atom is -0.508 e. The molecule has 0 radical (unpaired) electrons. The van der Waals surface area contributed by atoms with Crippen LogP contribution in [0.3, 0.4) is 0 Å². The smallest absolute Gasteiger partial charge is 0.417 e. The van der Waals surface area contributed by atoms with Gasteiger partial charge >= 0.3 is 6.18 Å². The number of aromatic hydroxyl groups is 1. The lowest BCUT2D eigenvalue weighted by molar-refractivity contribution is -0.137. The highest BCUT2D eigenvalue weighted by Crippen LogP contribution is 2.44. The zero-order chi connectivity index (χ0) is 16.4. The highest BCUT2D eigenvalue weighted by atomic mass is 19.4. The number of halogens is 3. The molecule has 2 aromatic heterocycles. The number of hydrogen-bond acceptors (Lipinski definition) is 5. The lowest BCUT2D eigenvalue weighted by Crippen LogP contribution is -2.08. The Morgan fingerprint density at radius 3 is 1.96 bits per heavy atom. The van der Waals surface area contributed by atoms with Crippen molar-refractivity contribution in [1.82, 2.24) is 20.4 Å². The summed E-state index contributed by atoms with van der Waals surface area (Å²) in [5.41, 5.74) is -0.247. The number of hydrogen-bond donors (Lipinski definition) is 1. The average Bonchev–Trinajstić information content (AvgIpc) is 2.55. The Labute approximate surface area is 128 Å². The minimum absolute atomic E-state index is 0.0989. The van der Waals surface area contributed by atoms with Gasteiger partial charge < -0.3 is 5.11 Å². The van der Waals surface area contributed by atoms with E-state index in [-0.39, 0.29) is 16.7 Å². The van der Waals surface area contributed by atoms with Crippen molar-refractivity contribution >= 4 is 0 Å². The van der Waals surface area contributed by atoms with E-state index in [1.54, 1.807) is 0 Å². The number of rotatable bonds is 2. The fraction of sp³-hybridized carbons (Fsp3) is 0.0667. The Morgan fingerprint density at radius 2 is 1.43 bits per heavy atom. The molecule has 3 aromatic rings. The summed E-state index contributed by atoms with van der Waals surface area (Å²) in [7, 11) is 0. The molecular weight excluding hydrogens is 309 g/mol. The number of alkyl halides is 3. The van der Waals surface area contributed by atoms with Gasteiger partial charge in [-0.2, -0.15) is 33.6 Å². The molecule has 0 atom stereocenters. The first-order chi connectivity index (χ1) is 11.0. The molecule has 0 bridgehead atoms. The zero-order valence-electron chi connectivity index (χ0n) is 11.5. The molecular formula is C15H9F3N4O. The molecule has 0 spiro atoms. The molecule has 0 saturated heterocycles. The predicted octanol–water partition coefficient (Wildman–Crippen LogP) is 3.33. The van der Waals surface area contributed by atoms with Gasteiger partial charge in [-0.25, -0.2) is 0 Å². The second kappa shape index (κ2) is 5.64. The number of phenolic OH excluding ortho intramolecular Hbond substituents is 1. The largest absolute Gasteiger partial charge is 0.508 e. The minimum atomic E-state index is -4.65. The Bertz CT molecular complexity index is 823. The van der Waals surface area contributed by atoms with Crippen molar-refractivity contribution in [3.63, 3.8) is 0 Å². The first-order valence-electron chi connectivity index (χ1n) is 6.45. The Balaban J connectivity index is 2.38. The Kier molecular flexibility index (Phi) is 3.65. The summed E-state index contributed by atoms with van der Waals surface area (Å²) in [5, 5.41) is 24.2. The fourth-order valence-electron chi connectivity index (χ4n) is 2.28. The van der Waals surface area contributed by atoms with Crippen LogP contribution < -0.4 is 0 Å². The summed E-state index contributed by atoms with van der Waals surface area (Å²) in [6.45, 7) is 0. The lowest BCUT2D eigenvalue weighted by atomic mass is 9.91. The Hall–Kier alpha value is -3.03. The van der Waals surface area contributed by atoms with Gasteiger partial charge in [-0.1, -0.05) is 0 Å². The van der Waals surface area contributed by atoms with Crippen molar-refractivity contribution in [3.05, 3.63) is 54.6 Å². The molecule has 23 heavy (non-hydrogen) atoms. The number of nitrogens with zero attached hydrogens (tertiary/aromatic N) is 4. The SMILES string of the molecule is Oc1cc(-c2ccnnc2)c(-c2ccnnc2)c(C(F)(F)F)c1. The number of benzene rings is 1. The number of phenols is 1. The van der Waals surface area contributed by atoms with E-state index in [4.69, 9.17) is 0 Å². The highest BCUT2D eigenvalue weighted by Gasteiger charge is 2.35. The summed E-state index contributed by atoms with van der Waals surface area (Å²) < 4.78 is 40.3. The third-order valence-electron chi connectivity index (χ3n) is 3.20. The van der Waals surface area contributed by atoms with E-state index in [9.17, 15) is 18.3 Å². The standard InChI is InChI=1S/C15H9F3N4O/c16-15(17,18)13-6-11(23)5-12(9-1-3-19-21-7-9)14(13)10-2-4-20-22-8-10/h1-8,23H. The van der Waals surface area contributed by atoms with Gasteiger partial charge in [-0.05, 0) is 29.8 Å². The molecule has 0 aliphatic heterocycles. The average molecular weight is 318 g/mol. The first-order valence-corrected chi connectivity index (χ1v) is 6.45. The van der Waals surface area contributed by atoms with Crippen LogP contribution in [-0.2, 0) is 6.18 Å². The van der Waals surface area contributed by atoms with E-state index in [2.05, 4.69) is 20.4 Å². The van der Waals surface area contributed by atoms with E-state index >= 15 is 0 Å². The van der Waals surface area contributed by atoms with Crippen LogP contribution in [0.4, 0.5) is 13.2 Å². The van der Waals surface area contributed by atoms with Gasteiger partial charge in [0.05, 0.1) is 30.4 Å². The molecule has 3 rings (SSSR count). The fourth-order valence-corrected chi connectivity index (χ4v) is 2.28. The molecule has 0 saturated carbocycles.